The predicted molar refractivity (Wildman–Crippen MR) is 110 cm³/mol. The van der Waals surface area contributed by atoms with Crippen molar-refractivity contribution < 1.29 is 19.2 Å². The number of ether oxygens (including phenoxy) is 1. The lowest BCUT2D eigenvalue weighted by atomic mass is 10.1. The van der Waals surface area contributed by atoms with Crippen LogP contribution in [0.3, 0.4) is 0 Å². The van der Waals surface area contributed by atoms with Crippen molar-refractivity contribution in [1.29, 1.82) is 0 Å². The number of nitrogens with zero attached hydrogens (tertiary/aromatic N) is 3. The Morgan fingerprint density at radius 1 is 1.28 bits per heavy atom. The average Bonchev–Trinajstić information content (AvgIpc) is 3.01. The Balaban J connectivity index is 2.25. The summed E-state index contributed by atoms with van der Waals surface area (Å²) in [5, 5.41) is 11.9. The molecule has 0 saturated heterocycles. The third-order valence-corrected chi connectivity index (χ3v) is 5.82. The zero-order chi connectivity index (χ0) is 21.3. The van der Waals surface area contributed by atoms with E-state index in [2.05, 4.69) is 4.99 Å². The lowest BCUT2D eigenvalue weighted by Gasteiger charge is -2.07. The highest BCUT2D eigenvalue weighted by Gasteiger charge is 2.21. The molecule has 0 aliphatic carbocycles. The van der Waals surface area contributed by atoms with E-state index in [1.807, 2.05) is 0 Å². The van der Waals surface area contributed by atoms with Gasteiger partial charge in [0.05, 0.1) is 22.2 Å². The zero-order valence-electron chi connectivity index (χ0n) is 15.1. The summed E-state index contributed by atoms with van der Waals surface area (Å²) < 4.78 is 6.97. The van der Waals surface area contributed by atoms with E-state index in [-0.39, 0.29) is 21.9 Å². The Morgan fingerprint density at radius 3 is 2.66 bits per heavy atom. The number of thiazole rings is 1. The quantitative estimate of drug-likeness (QED) is 0.335. The molecule has 1 aromatic heterocycles. The molecule has 0 bridgehead atoms. The fraction of sp³-hybridized carbons (Fsp3) is 0.167. The van der Waals surface area contributed by atoms with Crippen LogP contribution in [0, 0.1) is 17.0 Å². The first-order chi connectivity index (χ1) is 13.7. The van der Waals surface area contributed by atoms with Gasteiger partial charge in [-0.2, -0.15) is 4.99 Å². The van der Waals surface area contributed by atoms with Gasteiger partial charge in [0.2, 0.25) is 0 Å². The second-order valence-corrected chi connectivity index (χ2v) is 7.75. The molecule has 0 atom stereocenters. The Labute approximate surface area is 178 Å². The molecule has 0 saturated carbocycles. The van der Waals surface area contributed by atoms with Crippen molar-refractivity contribution in [3.8, 4) is 0 Å². The molecular weight excluding hydrogens is 441 g/mol. The lowest BCUT2D eigenvalue weighted by molar-refractivity contribution is -0.385. The van der Waals surface area contributed by atoms with E-state index < -0.39 is 22.5 Å². The predicted octanol–water partition coefficient (Wildman–Crippen LogP) is 4.14. The molecule has 3 aromatic rings. The number of rotatable bonds is 4. The van der Waals surface area contributed by atoms with Crippen LogP contribution in [-0.2, 0) is 16.1 Å². The third kappa shape index (κ3) is 4.16. The Kier molecular flexibility index (Phi) is 6.02. The molecule has 0 fully saturated rings. The molecule has 29 heavy (non-hydrogen) atoms. The van der Waals surface area contributed by atoms with Gasteiger partial charge in [-0.1, -0.05) is 34.5 Å². The number of methoxy groups -OCH3 is 1. The summed E-state index contributed by atoms with van der Waals surface area (Å²) in [6.07, 6.45) is 0. The molecule has 8 nitrogen and oxygen atoms in total. The summed E-state index contributed by atoms with van der Waals surface area (Å²) in [5.41, 5.74) is 0.661. The number of fused-ring (bicyclic) bond motifs is 1. The van der Waals surface area contributed by atoms with Crippen LogP contribution in [0.2, 0.25) is 10.0 Å². The highest BCUT2D eigenvalue weighted by atomic mass is 35.5. The van der Waals surface area contributed by atoms with E-state index in [9.17, 15) is 19.7 Å². The molecule has 0 N–H and O–H groups in total. The number of benzene rings is 2. The van der Waals surface area contributed by atoms with Gasteiger partial charge in [-0.25, -0.2) is 0 Å². The van der Waals surface area contributed by atoms with Gasteiger partial charge >= 0.3 is 5.97 Å². The minimum Gasteiger partial charge on any atom is -0.468 e. The molecule has 0 radical (unpaired) electrons. The zero-order valence-corrected chi connectivity index (χ0v) is 17.5. The average molecular weight is 454 g/mol. The second kappa shape index (κ2) is 8.32. The largest absolute Gasteiger partial charge is 0.468 e. The highest BCUT2D eigenvalue weighted by molar-refractivity contribution is 7.16. The molecule has 11 heteroatoms. The van der Waals surface area contributed by atoms with E-state index >= 15 is 0 Å². The number of amides is 1. The number of hydrogen-bond acceptors (Lipinski definition) is 6. The second-order valence-electron chi connectivity index (χ2n) is 5.90. The number of aromatic nitrogens is 1. The Morgan fingerprint density at radius 2 is 2.00 bits per heavy atom. The standard InChI is InChI=1S/C18H13Cl2N3O5S/c1-9-12(20)4-6-14-16(9)22(8-15(24)28-2)18(29-14)21-17(25)11-7-10(19)3-5-13(11)23(26)27/h3-7H,8H2,1-2H3. The Bertz CT molecular complexity index is 1230. The lowest BCUT2D eigenvalue weighted by Crippen LogP contribution is -2.23. The molecule has 1 amide bonds. The maximum Gasteiger partial charge on any atom is 0.325 e. The number of nitro groups is 1. The van der Waals surface area contributed by atoms with E-state index in [1.54, 1.807) is 19.1 Å². The van der Waals surface area contributed by atoms with Gasteiger partial charge in [-0.05, 0) is 36.8 Å². The van der Waals surface area contributed by atoms with Crippen LogP contribution in [0.1, 0.15) is 15.9 Å². The van der Waals surface area contributed by atoms with Gasteiger partial charge in [0.25, 0.3) is 11.6 Å². The first-order valence-electron chi connectivity index (χ1n) is 8.11. The topological polar surface area (TPSA) is 104 Å². The molecule has 0 aliphatic rings. The van der Waals surface area contributed by atoms with Crippen LogP contribution in [-0.4, -0.2) is 28.5 Å². The smallest absolute Gasteiger partial charge is 0.325 e. The number of carbonyl (C=O) groups is 2. The summed E-state index contributed by atoms with van der Waals surface area (Å²) in [6, 6.07) is 7.09. The molecule has 2 aromatic carbocycles. The van der Waals surface area contributed by atoms with Crippen molar-refractivity contribution in [2.45, 2.75) is 13.5 Å². The summed E-state index contributed by atoms with van der Waals surface area (Å²) in [7, 11) is 1.24. The number of aryl methyl sites for hydroxylation is 1. The van der Waals surface area contributed by atoms with Crippen LogP contribution >= 0.6 is 34.5 Å². The number of halogens is 2. The van der Waals surface area contributed by atoms with Gasteiger partial charge in [0, 0.05) is 16.1 Å². The number of carbonyl (C=O) groups excluding carboxylic acids is 2. The molecule has 0 spiro atoms. The minimum atomic E-state index is -0.854. The fourth-order valence-corrected chi connectivity index (χ4v) is 4.14. The number of esters is 1. The van der Waals surface area contributed by atoms with E-state index in [0.717, 1.165) is 22.1 Å². The van der Waals surface area contributed by atoms with Crippen molar-refractivity contribution in [1.82, 2.24) is 4.57 Å². The maximum absolute atomic E-state index is 12.7. The van der Waals surface area contributed by atoms with Crippen molar-refractivity contribution >= 4 is 62.3 Å². The first kappa shape index (κ1) is 21.0. The van der Waals surface area contributed by atoms with Crippen LogP contribution in [0.4, 0.5) is 5.69 Å². The number of nitro benzene ring substituents is 1. The third-order valence-electron chi connectivity index (χ3n) is 4.13. The van der Waals surface area contributed by atoms with Gasteiger partial charge in [-0.15, -0.1) is 0 Å². The van der Waals surface area contributed by atoms with Crippen molar-refractivity contribution in [3.63, 3.8) is 0 Å². The Hall–Kier alpha value is -2.75. The van der Waals surface area contributed by atoms with Crippen molar-refractivity contribution in [2.75, 3.05) is 7.11 Å². The minimum absolute atomic E-state index is 0.163. The number of hydrogen-bond donors (Lipinski definition) is 0. The summed E-state index contributed by atoms with van der Waals surface area (Å²) >= 11 is 13.2. The maximum atomic E-state index is 12.7. The van der Waals surface area contributed by atoms with E-state index in [0.29, 0.717) is 16.1 Å². The van der Waals surface area contributed by atoms with Crippen molar-refractivity contribution in [3.05, 3.63) is 66.4 Å². The van der Waals surface area contributed by atoms with E-state index in [1.165, 1.54) is 23.8 Å². The van der Waals surface area contributed by atoms with Crippen molar-refractivity contribution in [2.24, 2.45) is 4.99 Å². The molecule has 1 heterocycles. The highest BCUT2D eigenvalue weighted by Crippen LogP contribution is 2.28. The van der Waals surface area contributed by atoms with Gasteiger partial charge in [0.1, 0.15) is 12.1 Å². The van der Waals surface area contributed by atoms with Gasteiger partial charge in [0.15, 0.2) is 4.80 Å². The van der Waals surface area contributed by atoms with Gasteiger partial charge < -0.3 is 9.30 Å². The molecule has 0 aliphatic heterocycles. The summed E-state index contributed by atoms with van der Waals surface area (Å²) in [4.78, 5) is 39.4. The molecule has 150 valence electrons. The summed E-state index contributed by atoms with van der Waals surface area (Å²) in [5.74, 6) is -1.40. The first-order valence-corrected chi connectivity index (χ1v) is 9.68. The molecule has 0 unspecified atom stereocenters. The van der Waals surface area contributed by atoms with Crippen LogP contribution in [0.25, 0.3) is 10.2 Å². The SMILES string of the molecule is COC(=O)Cn1c(=NC(=O)c2cc(Cl)ccc2[N+](=O)[O-])sc2ccc(Cl)c(C)c21. The molecule has 3 rings (SSSR count). The van der Waals surface area contributed by atoms with Crippen LogP contribution in [0.5, 0.6) is 0 Å². The van der Waals surface area contributed by atoms with Crippen LogP contribution in [0.15, 0.2) is 35.3 Å². The fourth-order valence-electron chi connectivity index (χ4n) is 2.73. The van der Waals surface area contributed by atoms with Crippen LogP contribution < -0.4 is 4.80 Å². The summed E-state index contributed by atoms with van der Waals surface area (Å²) in [6.45, 7) is 1.57. The molecular formula is C18H13Cl2N3O5S. The van der Waals surface area contributed by atoms with E-state index in [4.69, 9.17) is 27.9 Å². The monoisotopic (exact) mass is 453 g/mol. The van der Waals surface area contributed by atoms with Gasteiger partial charge in [-0.3, -0.25) is 19.7 Å². The normalized spacial score (nSPS) is 11.7.